The average molecular weight is 204 g/mol. The van der Waals surface area contributed by atoms with Crippen LogP contribution in [-0.4, -0.2) is 0 Å². The van der Waals surface area contributed by atoms with E-state index in [-0.39, 0.29) is 0 Å². The Hall–Kier alpha value is -1.04. The van der Waals surface area contributed by atoms with E-state index in [1.807, 2.05) is 0 Å². The largest absolute Gasteiger partial charge is 0.0998 e. The van der Waals surface area contributed by atoms with Gasteiger partial charge in [0.2, 0.25) is 0 Å². The first-order valence-electron chi connectivity index (χ1n) is 5.62. The lowest BCUT2D eigenvalue weighted by Crippen LogP contribution is -1.76. The minimum Gasteiger partial charge on any atom is -0.0998 e. The molecule has 0 bridgehead atoms. The highest BCUT2D eigenvalue weighted by Gasteiger charge is 1.86. The van der Waals surface area contributed by atoms with Gasteiger partial charge in [0, 0.05) is 0 Å². The van der Waals surface area contributed by atoms with Gasteiger partial charge in [-0.25, -0.2) is 0 Å². The minimum absolute atomic E-state index is 0.984. The molecular formula is C15H24. The average Bonchev–Trinajstić information content (AvgIpc) is 2.11. The Morgan fingerprint density at radius 3 is 2.33 bits per heavy atom. The third-order valence-electron chi connectivity index (χ3n) is 2.07. The summed E-state index contributed by atoms with van der Waals surface area (Å²) in [4.78, 5) is 0. The van der Waals surface area contributed by atoms with Crippen LogP contribution in [0.15, 0.2) is 47.6 Å². The van der Waals surface area contributed by atoms with Crippen LogP contribution in [0.3, 0.4) is 0 Å². The Bertz CT molecular complexity index is 270. The topological polar surface area (TPSA) is 0 Å². The van der Waals surface area contributed by atoms with E-state index in [0.29, 0.717) is 0 Å². The minimum atomic E-state index is 0.984. The van der Waals surface area contributed by atoms with Gasteiger partial charge < -0.3 is 0 Å². The molecule has 0 aliphatic heterocycles. The van der Waals surface area contributed by atoms with Gasteiger partial charge >= 0.3 is 0 Å². The summed E-state index contributed by atoms with van der Waals surface area (Å²) >= 11 is 0. The van der Waals surface area contributed by atoms with E-state index in [0.717, 1.165) is 19.3 Å². The Morgan fingerprint density at radius 2 is 1.80 bits per heavy atom. The zero-order valence-electron chi connectivity index (χ0n) is 10.6. The summed E-state index contributed by atoms with van der Waals surface area (Å²) in [5.74, 6) is 0. The monoisotopic (exact) mass is 204 g/mol. The maximum atomic E-state index is 3.86. The molecule has 0 aliphatic rings. The van der Waals surface area contributed by atoms with Crippen molar-refractivity contribution < 1.29 is 0 Å². The standard InChI is InChI=1S/C15H24/c1-13(2)9-6-7-11-15(5)12-8-10-14(3)4/h6-7,10-11H,1,8-9,12H2,2-5H3. The van der Waals surface area contributed by atoms with Gasteiger partial charge in [-0.3, -0.25) is 0 Å². The van der Waals surface area contributed by atoms with Crippen molar-refractivity contribution in [2.24, 2.45) is 0 Å². The molecule has 0 spiro atoms. The van der Waals surface area contributed by atoms with Crippen LogP contribution >= 0.6 is 0 Å². The third-order valence-corrected chi connectivity index (χ3v) is 2.07. The third kappa shape index (κ3) is 10.9. The fourth-order valence-corrected chi connectivity index (χ4v) is 1.17. The highest BCUT2D eigenvalue weighted by molar-refractivity contribution is 5.13. The van der Waals surface area contributed by atoms with Gasteiger partial charge in [-0.05, 0) is 47.0 Å². The van der Waals surface area contributed by atoms with Crippen molar-refractivity contribution in [3.05, 3.63) is 47.6 Å². The van der Waals surface area contributed by atoms with E-state index in [9.17, 15) is 0 Å². The van der Waals surface area contributed by atoms with Gasteiger partial charge in [-0.2, -0.15) is 0 Å². The number of hydrogen-bond acceptors (Lipinski definition) is 0. The molecule has 0 fully saturated rings. The van der Waals surface area contributed by atoms with E-state index >= 15 is 0 Å². The molecule has 0 unspecified atom stereocenters. The van der Waals surface area contributed by atoms with E-state index < -0.39 is 0 Å². The maximum Gasteiger partial charge on any atom is -0.0141 e. The molecule has 0 aliphatic carbocycles. The lowest BCUT2D eigenvalue weighted by Gasteiger charge is -1.96. The molecule has 0 aromatic carbocycles. The Kier molecular flexibility index (Phi) is 7.71. The van der Waals surface area contributed by atoms with E-state index in [2.05, 4.69) is 58.6 Å². The molecule has 0 nitrogen and oxygen atoms in total. The summed E-state index contributed by atoms with van der Waals surface area (Å²) in [6.45, 7) is 12.4. The Morgan fingerprint density at radius 1 is 1.13 bits per heavy atom. The van der Waals surface area contributed by atoms with Crippen molar-refractivity contribution in [1.82, 2.24) is 0 Å². The molecule has 84 valence electrons. The van der Waals surface area contributed by atoms with Crippen molar-refractivity contribution in [1.29, 1.82) is 0 Å². The zero-order valence-corrected chi connectivity index (χ0v) is 10.6. The van der Waals surface area contributed by atoms with Crippen LogP contribution in [0.4, 0.5) is 0 Å². The maximum absolute atomic E-state index is 3.86. The molecular weight excluding hydrogens is 180 g/mol. The van der Waals surface area contributed by atoms with E-state index in [1.165, 1.54) is 16.7 Å². The van der Waals surface area contributed by atoms with Crippen LogP contribution in [0.25, 0.3) is 0 Å². The highest BCUT2D eigenvalue weighted by atomic mass is 13.9. The van der Waals surface area contributed by atoms with Crippen molar-refractivity contribution in [3.63, 3.8) is 0 Å². The molecule has 0 aromatic heterocycles. The normalized spacial score (nSPS) is 11.9. The SMILES string of the molecule is C=C(C)CC=CC=C(C)CCC=C(C)C. The number of hydrogen-bond donors (Lipinski definition) is 0. The molecule has 0 saturated heterocycles. The lowest BCUT2D eigenvalue weighted by molar-refractivity contribution is 0.967. The summed E-state index contributed by atoms with van der Waals surface area (Å²) < 4.78 is 0. The van der Waals surface area contributed by atoms with Gasteiger partial charge in [-0.15, -0.1) is 0 Å². The summed E-state index contributed by atoms with van der Waals surface area (Å²) in [5, 5.41) is 0. The van der Waals surface area contributed by atoms with Gasteiger partial charge in [0.05, 0.1) is 0 Å². The zero-order chi connectivity index (χ0) is 11.7. The molecule has 15 heavy (non-hydrogen) atoms. The van der Waals surface area contributed by atoms with Crippen LogP contribution in [0.5, 0.6) is 0 Å². The van der Waals surface area contributed by atoms with Crippen LogP contribution in [0.1, 0.15) is 47.0 Å². The molecule has 0 N–H and O–H groups in total. The quantitative estimate of drug-likeness (QED) is 0.412. The predicted molar refractivity (Wildman–Crippen MR) is 71.0 cm³/mol. The van der Waals surface area contributed by atoms with Gasteiger partial charge in [0.15, 0.2) is 0 Å². The number of allylic oxidation sites excluding steroid dienone is 7. The van der Waals surface area contributed by atoms with E-state index in [1.54, 1.807) is 0 Å². The van der Waals surface area contributed by atoms with Crippen molar-refractivity contribution in [2.75, 3.05) is 0 Å². The second kappa shape index (κ2) is 8.28. The van der Waals surface area contributed by atoms with E-state index in [4.69, 9.17) is 0 Å². The Labute approximate surface area is 95.1 Å². The van der Waals surface area contributed by atoms with Crippen LogP contribution in [0, 0.1) is 0 Å². The second-order valence-corrected chi connectivity index (χ2v) is 4.42. The smallest absolute Gasteiger partial charge is 0.0141 e. The summed E-state index contributed by atoms with van der Waals surface area (Å²) in [6.07, 6.45) is 12.1. The number of rotatable bonds is 6. The molecule has 0 saturated carbocycles. The van der Waals surface area contributed by atoms with Gasteiger partial charge in [0.25, 0.3) is 0 Å². The summed E-state index contributed by atoms with van der Waals surface area (Å²) in [5.41, 5.74) is 4.05. The Balaban J connectivity index is 3.84. The van der Waals surface area contributed by atoms with Crippen LogP contribution < -0.4 is 0 Å². The molecule has 0 heteroatoms. The first-order chi connectivity index (χ1) is 7.02. The van der Waals surface area contributed by atoms with Crippen molar-refractivity contribution in [3.8, 4) is 0 Å². The molecule has 0 heterocycles. The van der Waals surface area contributed by atoms with Crippen LogP contribution in [0.2, 0.25) is 0 Å². The second-order valence-electron chi connectivity index (χ2n) is 4.42. The lowest BCUT2D eigenvalue weighted by atomic mass is 10.1. The van der Waals surface area contributed by atoms with Crippen molar-refractivity contribution >= 4 is 0 Å². The fraction of sp³-hybridized carbons (Fsp3) is 0.467. The molecule has 0 amide bonds. The van der Waals surface area contributed by atoms with Gasteiger partial charge in [-0.1, -0.05) is 47.6 Å². The molecule has 0 atom stereocenters. The fourth-order valence-electron chi connectivity index (χ4n) is 1.17. The summed E-state index contributed by atoms with van der Waals surface area (Å²) in [6, 6.07) is 0. The molecule has 0 aromatic rings. The van der Waals surface area contributed by atoms with Crippen molar-refractivity contribution in [2.45, 2.75) is 47.0 Å². The molecule has 0 rings (SSSR count). The van der Waals surface area contributed by atoms with Crippen LogP contribution in [-0.2, 0) is 0 Å². The molecule has 0 radical (unpaired) electrons. The first-order valence-corrected chi connectivity index (χ1v) is 5.62. The predicted octanol–water partition coefficient (Wildman–Crippen LogP) is 5.20. The first kappa shape index (κ1) is 14.0. The summed E-state index contributed by atoms with van der Waals surface area (Å²) in [7, 11) is 0. The highest BCUT2D eigenvalue weighted by Crippen LogP contribution is 2.07. The van der Waals surface area contributed by atoms with Gasteiger partial charge in [0.1, 0.15) is 0 Å².